The fourth-order valence-corrected chi connectivity index (χ4v) is 0. The van der Waals surface area contributed by atoms with Crippen LogP contribution in [0, 0.1) is 0 Å². The summed E-state index contributed by atoms with van der Waals surface area (Å²) in [6, 6.07) is 0. The number of rotatable bonds is 0. The Bertz CT molecular complexity index is 11.5. The molecule has 0 radical (unpaired) electrons. The van der Waals surface area contributed by atoms with Gasteiger partial charge in [-0.05, 0) is 6.92 Å². The molecule has 0 aliphatic rings. The number of halogens is 2. The molecule has 36 valence electrons. The number of aliphatic hydroxyl groups is 1. The van der Waals surface area contributed by atoms with Gasteiger partial charge in [0.15, 0.2) is 0 Å². The first kappa shape index (κ1) is 24.3. The molecular weight excluding hydrogens is 248 g/mol. The fraction of sp³-hybridized carbons (Fsp3) is 1.00. The van der Waals surface area contributed by atoms with E-state index in [-0.39, 0.29) is 80.3 Å². The Kier molecular flexibility index (Phi) is 111. The van der Waals surface area contributed by atoms with E-state index in [0.717, 1.165) is 0 Å². The van der Waals surface area contributed by atoms with Crippen molar-refractivity contribution in [1.29, 1.82) is 0 Å². The standard InChI is InChI=1S/C2H6O.Ba.2ClH/c1-2-3;;;/h3H,2H2,1H3;;2*1H/q;+2;;/p-2. The van der Waals surface area contributed by atoms with Crippen LogP contribution in [0.15, 0.2) is 0 Å². The summed E-state index contributed by atoms with van der Waals surface area (Å²) in [5.41, 5.74) is 0. The van der Waals surface area contributed by atoms with Crippen LogP contribution in [0.2, 0.25) is 0 Å². The second kappa shape index (κ2) is 27.4. The summed E-state index contributed by atoms with van der Waals surface area (Å²) >= 11 is 0. The van der Waals surface area contributed by atoms with Crippen LogP contribution in [0.5, 0.6) is 0 Å². The van der Waals surface area contributed by atoms with Gasteiger partial charge in [-0.25, -0.2) is 0 Å². The Morgan fingerprint density at radius 3 is 1.33 bits per heavy atom. The molecule has 0 heterocycles. The van der Waals surface area contributed by atoms with Gasteiger partial charge in [0.1, 0.15) is 0 Å². The Balaban J connectivity index is -0.00000000667. The Morgan fingerprint density at radius 1 is 1.33 bits per heavy atom. The van der Waals surface area contributed by atoms with Gasteiger partial charge in [0.2, 0.25) is 0 Å². The maximum absolute atomic E-state index is 7.57. The van der Waals surface area contributed by atoms with Crippen molar-refractivity contribution < 1.29 is 29.9 Å². The molecule has 0 bridgehead atoms. The SMILES string of the molecule is CCO.[Ba+2].[Cl-].[Cl-]. The first-order valence-corrected chi connectivity index (χ1v) is 1.02. The smallest absolute Gasteiger partial charge is 1.00 e. The van der Waals surface area contributed by atoms with Gasteiger partial charge in [0.05, 0.1) is 0 Å². The molecular formula is C2H6BaCl2O. The van der Waals surface area contributed by atoms with E-state index in [0.29, 0.717) is 0 Å². The van der Waals surface area contributed by atoms with Crippen LogP contribution in [0.3, 0.4) is 0 Å². The van der Waals surface area contributed by atoms with Crippen molar-refractivity contribution in [2.24, 2.45) is 0 Å². The van der Waals surface area contributed by atoms with E-state index >= 15 is 0 Å². The second-order valence-corrected chi connectivity index (χ2v) is 0.316. The largest absolute Gasteiger partial charge is 2.00 e. The number of hydrogen-bond acceptors (Lipinski definition) is 1. The molecule has 0 aromatic heterocycles. The maximum atomic E-state index is 7.57. The third kappa shape index (κ3) is 35.8. The summed E-state index contributed by atoms with van der Waals surface area (Å²) in [6.07, 6.45) is 0. The summed E-state index contributed by atoms with van der Waals surface area (Å²) in [7, 11) is 0. The van der Waals surface area contributed by atoms with Gasteiger partial charge in [-0.15, -0.1) is 0 Å². The summed E-state index contributed by atoms with van der Waals surface area (Å²) in [6.45, 7) is 1.93. The van der Waals surface area contributed by atoms with E-state index in [9.17, 15) is 0 Å². The minimum atomic E-state index is 0. The summed E-state index contributed by atoms with van der Waals surface area (Å²) in [4.78, 5) is 0. The molecule has 0 fully saturated rings. The average Bonchev–Trinajstić information content (AvgIpc) is 0.918. The third-order valence-electron chi connectivity index (χ3n) is 0. The quantitative estimate of drug-likeness (QED) is 0.426. The summed E-state index contributed by atoms with van der Waals surface area (Å²) in [5, 5.41) is 7.57. The van der Waals surface area contributed by atoms with Crippen LogP contribution in [0.25, 0.3) is 0 Å². The van der Waals surface area contributed by atoms with Crippen molar-refractivity contribution in [3.8, 4) is 0 Å². The first-order valence-electron chi connectivity index (χ1n) is 1.02. The molecule has 0 saturated carbocycles. The zero-order valence-corrected chi connectivity index (χ0v) is 9.57. The molecule has 0 saturated heterocycles. The normalized spacial score (nSPS) is 3.00. The van der Waals surface area contributed by atoms with E-state index in [4.69, 9.17) is 5.11 Å². The van der Waals surface area contributed by atoms with Crippen molar-refractivity contribution in [3.63, 3.8) is 0 Å². The molecule has 0 aliphatic heterocycles. The van der Waals surface area contributed by atoms with Gasteiger partial charge in [0, 0.05) is 6.61 Å². The molecule has 0 aromatic rings. The molecule has 0 spiro atoms. The van der Waals surface area contributed by atoms with Gasteiger partial charge in [-0.3, -0.25) is 0 Å². The minimum Gasteiger partial charge on any atom is -1.00 e. The molecule has 0 amide bonds. The van der Waals surface area contributed by atoms with Crippen LogP contribution in [0.1, 0.15) is 6.92 Å². The number of aliphatic hydroxyl groups excluding tert-OH is 1. The Hall–Kier alpha value is 2.11. The summed E-state index contributed by atoms with van der Waals surface area (Å²) < 4.78 is 0. The number of hydrogen-bond donors (Lipinski definition) is 1. The Labute approximate surface area is 90.8 Å². The van der Waals surface area contributed by atoms with E-state index in [2.05, 4.69) is 0 Å². The average molecular weight is 254 g/mol. The van der Waals surface area contributed by atoms with E-state index in [1.807, 2.05) is 0 Å². The van der Waals surface area contributed by atoms with Crippen LogP contribution < -0.4 is 24.8 Å². The van der Waals surface area contributed by atoms with Gasteiger partial charge in [0.25, 0.3) is 0 Å². The molecule has 4 heteroatoms. The van der Waals surface area contributed by atoms with Gasteiger partial charge in [-0.2, -0.15) is 0 Å². The van der Waals surface area contributed by atoms with Crippen LogP contribution >= 0.6 is 0 Å². The molecule has 1 nitrogen and oxygen atoms in total. The predicted octanol–water partition coefficient (Wildman–Crippen LogP) is -6.37. The van der Waals surface area contributed by atoms with Crippen molar-refractivity contribution in [3.05, 3.63) is 0 Å². The zero-order valence-electron chi connectivity index (χ0n) is 3.62. The minimum absolute atomic E-state index is 0. The first-order chi connectivity index (χ1) is 1.41. The van der Waals surface area contributed by atoms with Crippen molar-refractivity contribution in [1.82, 2.24) is 0 Å². The second-order valence-electron chi connectivity index (χ2n) is 0.316. The van der Waals surface area contributed by atoms with E-state index in [1.54, 1.807) is 6.92 Å². The Morgan fingerprint density at radius 2 is 1.33 bits per heavy atom. The van der Waals surface area contributed by atoms with Crippen molar-refractivity contribution in [2.75, 3.05) is 6.61 Å². The fourth-order valence-electron chi connectivity index (χ4n) is 0. The van der Waals surface area contributed by atoms with Gasteiger partial charge < -0.3 is 29.9 Å². The van der Waals surface area contributed by atoms with Crippen LogP contribution in [-0.4, -0.2) is 60.6 Å². The maximum Gasteiger partial charge on any atom is 2.00 e. The van der Waals surface area contributed by atoms with E-state index < -0.39 is 0 Å². The van der Waals surface area contributed by atoms with Crippen LogP contribution in [-0.2, 0) is 0 Å². The molecule has 0 rings (SSSR count). The molecule has 0 atom stereocenters. The monoisotopic (exact) mass is 254 g/mol. The predicted molar refractivity (Wildman–Crippen MR) is 18.5 cm³/mol. The summed E-state index contributed by atoms with van der Waals surface area (Å²) in [5.74, 6) is 0. The van der Waals surface area contributed by atoms with Crippen LogP contribution in [0.4, 0.5) is 0 Å². The molecule has 1 N–H and O–H groups in total. The zero-order chi connectivity index (χ0) is 2.71. The topological polar surface area (TPSA) is 20.2 Å². The van der Waals surface area contributed by atoms with Gasteiger partial charge in [-0.1, -0.05) is 0 Å². The van der Waals surface area contributed by atoms with Crippen molar-refractivity contribution in [2.45, 2.75) is 6.92 Å². The third-order valence-corrected chi connectivity index (χ3v) is 0. The van der Waals surface area contributed by atoms with E-state index in [1.165, 1.54) is 0 Å². The molecule has 6 heavy (non-hydrogen) atoms. The van der Waals surface area contributed by atoms with Gasteiger partial charge >= 0.3 is 48.9 Å². The molecule has 0 unspecified atom stereocenters. The molecule has 0 aliphatic carbocycles. The van der Waals surface area contributed by atoms with Crippen molar-refractivity contribution >= 4 is 48.9 Å². The molecule has 0 aromatic carbocycles.